The van der Waals surface area contributed by atoms with Crippen LogP contribution in [-0.4, -0.2) is 47.8 Å². The van der Waals surface area contributed by atoms with E-state index in [9.17, 15) is 9.59 Å². The van der Waals surface area contributed by atoms with E-state index in [1.165, 1.54) is 25.5 Å². The molecule has 4 saturated carbocycles. The highest BCUT2D eigenvalue weighted by atomic mass is 16.3. The van der Waals surface area contributed by atoms with Gasteiger partial charge in [0, 0.05) is 26.2 Å². The monoisotopic (exact) mass is 370 g/mol. The summed E-state index contributed by atoms with van der Waals surface area (Å²) in [5.74, 6) is 1.41. The summed E-state index contributed by atoms with van der Waals surface area (Å²) in [6.07, 6.45) is 8.65. The molecule has 1 saturated heterocycles. The van der Waals surface area contributed by atoms with Crippen LogP contribution in [0.25, 0.3) is 0 Å². The Morgan fingerprint density at radius 3 is 2.15 bits per heavy atom. The molecule has 0 radical (unpaired) electrons. The number of furan rings is 1. The zero-order valence-corrected chi connectivity index (χ0v) is 16.5. The summed E-state index contributed by atoms with van der Waals surface area (Å²) in [6.45, 7) is 7.31. The summed E-state index contributed by atoms with van der Waals surface area (Å²) in [5, 5.41) is 0. The van der Waals surface area contributed by atoms with E-state index >= 15 is 0 Å². The van der Waals surface area contributed by atoms with Crippen LogP contribution in [0.5, 0.6) is 0 Å². The standard InChI is InChI=1S/C22H30N2O3/c1-20-10-16-11-21(2,13-20)15-22(12-16,14-20)19(26)24-7-5-23(6-8-24)18(25)17-4-3-9-27-17/h3-4,9,16H,5-8,10-15H2,1-2H3/t16?,20-,21+,22?. The maximum atomic E-state index is 13.6. The van der Waals surface area contributed by atoms with Crippen LogP contribution in [0.2, 0.25) is 0 Å². The lowest BCUT2D eigenvalue weighted by molar-refractivity contribution is -0.180. The van der Waals surface area contributed by atoms with Crippen molar-refractivity contribution in [2.45, 2.75) is 52.4 Å². The molecule has 1 aromatic heterocycles. The molecule has 4 bridgehead atoms. The number of nitrogens with zero attached hydrogens (tertiary/aromatic N) is 2. The quantitative estimate of drug-likeness (QED) is 0.800. The minimum atomic E-state index is -0.143. The molecule has 0 spiro atoms. The SMILES string of the molecule is C[C@]12CC3CC(C(=O)N4CCN(C(=O)c5ccco5)CC4)(C1)C[C@@](C)(C3)C2. The summed E-state index contributed by atoms with van der Waals surface area (Å²) in [7, 11) is 0. The van der Waals surface area contributed by atoms with Crippen molar-refractivity contribution in [3.63, 3.8) is 0 Å². The maximum absolute atomic E-state index is 13.6. The number of carbonyl (C=O) groups excluding carboxylic acids is 2. The van der Waals surface area contributed by atoms with Crippen LogP contribution in [0.3, 0.4) is 0 Å². The Kier molecular flexibility index (Phi) is 3.60. The smallest absolute Gasteiger partial charge is 0.289 e. The average Bonchev–Trinajstić information content (AvgIpc) is 3.12. The summed E-state index contributed by atoms with van der Waals surface area (Å²) in [4.78, 5) is 30.0. The second-order valence-corrected chi connectivity index (χ2v) is 10.5. The molecular formula is C22H30N2O3. The van der Waals surface area contributed by atoms with Crippen LogP contribution >= 0.6 is 0 Å². The Morgan fingerprint density at radius 1 is 0.963 bits per heavy atom. The second kappa shape index (κ2) is 5.62. The van der Waals surface area contributed by atoms with Crippen molar-refractivity contribution in [2.24, 2.45) is 22.2 Å². The molecule has 2 heterocycles. The lowest BCUT2D eigenvalue weighted by atomic mass is 9.40. The van der Waals surface area contributed by atoms with E-state index in [1.807, 2.05) is 9.80 Å². The van der Waals surface area contributed by atoms with Crippen molar-refractivity contribution in [1.29, 1.82) is 0 Å². The minimum absolute atomic E-state index is 0.0677. The van der Waals surface area contributed by atoms with E-state index in [-0.39, 0.29) is 11.3 Å². The number of amides is 2. The molecule has 4 aliphatic carbocycles. The Morgan fingerprint density at radius 2 is 1.59 bits per heavy atom. The summed E-state index contributed by atoms with van der Waals surface area (Å²) in [5.41, 5.74) is 0.553. The molecule has 5 aliphatic rings. The van der Waals surface area contributed by atoms with Crippen molar-refractivity contribution in [2.75, 3.05) is 26.2 Å². The molecule has 1 aromatic rings. The molecule has 6 rings (SSSR count). The summed E-state index contributed by atoms with van der Waals surface area (Å²) < 4.78 is 5.24. The second-order valence-electron chi connectivity index (χ2n) is 10.5. The van der Waals surface area contributed by atoms with Crippen LogP contribution in [0.4, 0.5) is 0 Å². The van der Waals surface area contributed by atoms with Crippen molar-refractivity contribution in [1.82, 2.24) is 9.80 Å². The van der Waals surface area contributed by atoms with Gasteiger partial charge in [0.2, 0.25) is 5.91 Å². The van der Waals surface area contributed by atoms with Gasteiger partial charge in [-0.15, -0.1) is 0 Å². The Hall–Kier alpha value is -1.78. The fraction of sp³-hybridized carbons (Fsp3) is 0.727. The van der Waals surface area contributed by atoms with E-state index in [0.717, 1.165) is 25.2 Å². The van der Waals surface area contributed by atoms with Crippen LogP contribution in [-0.2, 0) is 4.79 Å². The van der Waals surface area contributed by atoms with Crippen LogP contribution in [0.1, 0.15) is 62.9 Å². The summed E-state index contributed by atoms with van der Waals surface area (Å²) >= 11 is 0. The first-order valence-corrected chi connectivity index (χ1v) is 10.4. The fourth-order valence-electron chi connectivity index (χ4n) is 7.69. The maximum Gasteiger partial charge on any atom is 0.289 e. The van der Waals surface area contributed by atoms with Crippen molar-refractivity contribution in [3.8, 4) is 0 Å². The van der Waals surface area contributed by atoms with Gasteiger partial charge in [0.1, 0.15) is 0 Å². The molecule has 4 atom stereocenters. The molecular weight excluding hydrogens is 340 g/mol. The zero-order chi connectivity index (χ0) is 18.9. The zero-order valence-electron chi connectivity index (χ0n) is 16.5. The van der Waals surface area contributed by atoms with Crippen LogP contribution < -0.4 is 0 Å². The predicted octanol–water partition coefficient (Wildman–Crippen LogP) is 3.56. The molecule has 0 N–H and O–H groups in total. The first-order chi connectivity index (χ1) is 12.8. The largest absolute Gasteiger partial charge is 0.459 e. The molecule has 5 nitrogen and oxygen atoms in total. The number of rotatable bonds is 2. The van der Waals surface area contributed by atoms with E-state index in [0.29, 0.717) is 48.7 Å². The Bertz CT molecular complexity index is 745. The molecule has 27 heavy (non-hydrogen) atoms. The fourth-order valence-corrected chi connectivity index (χ4v) is 7.69. The number of piperazine rings is 1. The van der Waals surface area contributed by atoms with Gasteiger partial charge in [0.05, 0.1) is 11.7 Å². The number of carbonyl (C=O) groups is 2. The molecule has 0 aromatic carbocycles. The summed E-state index contributed by atoms with van der Waals surface area (Å²) in [6, 6.07) is 3.44. The van der Waals surface area contributed by atoms with Gasteiger partial charge in [-0.05, 0) is 67.4 Å². The van der Waals surface area contributed by atoms with E-state index < -0.39 is 0 Å². The highest BCUT2D eigenvalue weighted by Gasteiger charge is 2.63. The minimum Gasteiger partial charge on any atom is -0.459 e. The average molecular weight is 370 g/mol. The Balaban J connectivity index is 1.29. The molecule has 2 unspecified atom stereocenters. The number of hydrogen-bond donors (Lipinski definition) is 0. The van der Waals surface area contributed by atoms with Crippen molar-refractivity contribution in [3.05, 3.63) is 24.2 Å². The van der Waals surface area contributed by atoms with Crippen molar-refractivity contribution < 1.29 is 14.0 Å². The van der Waals surface area contributed by atoms with Gasteiger partial charge in [-0.2, -0.15) is 0 Å². The van der Waals surface area contributed by atoms with Gasteiger partial charge in [0.15, 0.2) is 5.76 Å². The van der Waals surface area contributed by atoms with Gasteiger partial charge in [0.25, 0.3) is 5.91 Å². The van der Waals surface area contributed by atoms with Gasteiger partial charge >= 0.3 is 0 Å². The van der Waals surface area contributed by atoms with Gasteiger partial charge in [-0.25, -0.2) is 0 Å². The first kappa shape index (κ1) is 17.3. The highest BCUT2D eigenvalue weighted by molar-refractivity contribution is 5.91. The van der Waals surface area contributed by atoms with Crippen LogP contribution in [0, 0.1) is 22.2 Å². The van der Waals surface area contributed by atoms with Gasteiger partial charge < -0.3 is 14.2 Å². The third-order valence-corrected chi connectivity index (χ3v) is 7.67. The molecule has 5 fully saturated rings. The van der Waals surface area contributed by atoms with E-state index in [2.05, 4.69) is 13.8 Å². The first-order valence-electron chi connectivity index (χ1n) is 10.4. The van der Waals surface area contributed by atoms with E-state index in [4.69, 9.17) is 4.42 Å². The number of hydrogen-bond acceptors (Lipinski definition) is 3. The third-order valence-electron chi connectivity index (χ3n) is 7.67. The molecule has 5 heteroatoms. The van der Waals surface area contributed by atoms with Crippen LogP contribution in [0.15, 0.2) is 22.8 Å². The predicted molar refractivity (Wildman–Crippen MR) is 101 cm³/mol. The van der Waals surface area contributed by atoms with Gasteiger partial charge in [-0.3, -0.25) is 9.59 Å². The Labute approximate surface area is 161 Å². The molecule has 2 amide bonds. The topological polar surface area (TPSA) is 53.8 Å². The lowest BCUT2D eigenvalue weighted by Gasteiger charge is -2.65. The van der Waals surface area contributed by atoms with Crippen molar-refractivity contribution >= 4 is 11.8 Å². The molecule has 1 aliphatic heterocycles. The normalized spacial score (nSPS) is 40.4. The third kappa shape index (κ3) is 2.73. The van der Waals surface area contributed by atoms with E-state index in [1.54, 1.807) is 12.1 Å². The highest BCUT2D eigenvalue weighted by Crippen LogP contribution is 2.69. The van der Waals surface area contributed by atoms with Gasteiger partial charge in [-0.1, -0.05) is 13.8 Å². The lowest BCUT2D eigenvalue weighted by Crippen LogP contribution is -2.62. The molecule has 146 valence electrons.